The number of ether oxygens (including phenoxy) is 2. The molecule has 0 saturated carbocycles. The predicted molar refractivity (Wildman–Crippen MR) is 122 cm³/mol. The molecule has 0 atom stereocenters. The molecule has 3 rings (SSSR count). The maximum atomic E-state index is 12.4. The number of nitrogens with zero attached hydrogens (tertiary/aromatic N) is 1. The lowest BCUT2D eigenvalue weighted by molar-refractivity contribution is 0.0526. The highest BCUT2D eigenvalue weighted by molar-refractivity contribution is 7.80. The molecule has 1 amide bonds. The summed E-state index contributed by atoms with van der Waals surface area (Å²) in [6.45, 7) is 4.38. The van der Waals surface area contributed by atoms with Gasteiger partial charge in [0.25, 0.3) is 5.91 Å². The van der Waals surface area contributed by atoms with Crippen LogP contribution in [0.5, 0.6) is 5.75 Å². The second-order valence-corrected chi connectivity index (χ2v) is 7.75. The molecule has 0 saturated heterocycles. The average Bonchev–Trinajstić information content (AvgIpc) is 3.10. The standard InChI is InChI=1S/C20H18ClN3O4S2/c1-3-27-15-8-6-11(9-13(15)21)17(25)23-19(29)24-20-22-14-7-5-12(10-16(14)30-20)18(26)28-4-2/h5-10H,3-4H2,1-2H3,(H2,22,23,24,25,29). The molecule has 1 aromatic heterocycles. The fraction of sp³-hybridized carbons (Fsp3) is 0.200. The molecule has 0 aliphatic carbocycles. The number of aromatic nitrogens is 1. The first kappa shape index (κ1) is 21.9. The summed E-state index contributed by atoms with van der Waals surface area (Å²) in [5, 5.41) is 6.39. The van der Waals surface area contributed by atoms with E-state index in [0.29, 0.717) is 45.8 Å². The number of esters is 1. The van der Waals surface area contributed by atoms with Gasteiger partial charge in [0.2, 0.25) is 0 Å². The first-order valence-electron chi connectivity index (χ1n) is 9.03. The number of thiocarbonyl (C=S) groups is 1. The van der Waals surface area contributed by atoms with Gasteiger partial charge in [0.15, 0.2) is 10.2 Å². The number of thiazole rings is 1. The monoisotopic (exact) mass is 463 g/mol. The van der Waals surface area contributed by atoms with E-state index >= 15 is 0 Å². The summed E-state index contributed by atoms with van der Waals surface area (Å²) in [4.78, 5) is 28.7. The van der Waals surface area contributed by atoms with E-state index in [9.17, 15) is 9.59 Å². The molecule has 1 heterocycles. The lowest BCUT2D eigenvalue weighted by Gasteiger charge is -2.09. The molecule has 7 nitrogen and oxygen atoms in total. The van der Waals surface area contributed by atoms with E-state index in [4.69, 9.17) is 33.3 Å². The van der Waals surface area contributed by atoms with Gasteiger partial charge in [0, 0.05) is 5.56 Å². The van der Waals surface area contributed by atoms with Crippen LogP contribution in [0.1, 0.15) is 34.6 Å². The Morgan fingerprint density at radius 2 is 1.90 bits per heavy atom. The van der Waals surface area contributed by atoms with Gasteiger partial charge >= 0.3 is 5.97 Å². The molecule has 3 aromatic rings. The molecule has 2 aromatic carbocycles. The van der Waals surface area contributed by atoms with E-state index in [1.54, 1.807) is 37.3 Å². The lowest BCUT2D eigenvalue weighted by Crippen LogP contribution is -2.34. The van der Waals surface area contributed by atoms with Crippen LogP contribution in [-0.2, 0) is 4.74 Å². The first-order valence-corrected chi connectivity index (χ1v) is 10.6. The minimum atomic E-state index is -0.414. The van der Waals surface area contributed by atoms with E-state index in [0.717, 1.165) is 4.70 Å². The molecule has 0 aliphatic rings. The van der Waals surface area contributed by atoms with Crippen molar-refractivity contribution in [3.8, 4) is 5.75 Å². The largest absolute Gasteiger partial charge is 0.492 e. The van der Waals surface area contributed by atoms with Crippen LogP contribution < -0.4 is 15.4 Å². The van der Waals surface area contributed by atoms with E-state index in [2.05, 4.69) is 15.6 Å². The second kappa shape index (κ2) is 9.84. The SMILES string of the molecule is CCOC(=O)c1ccc2nc(NC(=S)NC(=O)c3ccc(OCC)c(Cl)c3)sc2c1. The van der Waals surface area contributed by atoms with Crippen LogP contribution in [0, 0.1) is 0 Å². The fourth-order valence-electron chi connectivity index (χ4n) is 2.54. The molecule has 0 bridgehead atoms. The molecule has 2 N–H and O–H groups in total. The maximum Gasteiger partial charge on any atom is 0.338 e. The van der Waals surface area contributed by atoms with Gasteiger partial charge in [-0.1, -0.05) is 22.9 Å². The Balaban J connectivity index is 1.67. The summed E-state index contributed by atoms with van der Waals surface area (Å²) < 4.78 is 11.2. The minimum Gasteiger partial charge on any atom is -0.492 e. The molecule has 0 fully saturated rings. The van der Waals surface area contributed by atoms with Crippen molar-refractivity contribution in [3.05, 3.63) is 52.5 Å². The van der Waals surface area contributed by atoms with Crippen LogP contribution in [-0.4, -0.2) is 35.2 Å². The van der Waals surface area contributed by atoms with Gasteiger partial charge in [-0.25, -0.2) is 9.78 Å². The van der Waals surface area contributed by atoms with Crippen molar-refractivity contribution in [2.75, 3.05) is 18.5 Å². The van der Waals surface area contributed by atoms with E-state index in [-0.39, 0.29) is 11.1 Å². The zero-order valence-electron chi connectivity index (χ0n) is 16.2. The Hall–Kier alpha value is -2.75. The summed E-state index contributed by atoms with van der Waals surface area (Å²) in [5.74, 6) is -0.296. The zero-order valence-corrected chi connectivity index (χ0v) is 18.5. The normalized spacial score (nSPS) is 10.5. The molecule has 156 valence electrons. The van der Waals surface area contributed by atoms with Crippen LogP contribution in [0.4, 0.5) is 5.13 Å². The smallest absolute Gasteiger partial charge is 0.338 e. The van der Waals surface area contributed by atoms with Gasteiger partial charge < -0.3 is 14.8 Å². The number of anilines is 1. The van der Waals surface area contributed by atoms with E-state index in [1.165, 1.54) is 17.4 Å². The number of carbonyl (C=O) groups excluding carboxylic acids is 2. The third-order valence-corrected chi connectivity index (χ3v) is 5.27. The molecule has 0 aliphatic heterocycles. The molecular weight excluding hydrogens is 446 g/mol. The van der Waals surface area contributed by atoms with Crippen LogP contribution in [0.3, 0.4) is 0 Å². The van der Waals surface area contributed by atoms with Gasteiger partial charge in [-0.15, -0.1) is 0 Å². The number of benzene rings is 2. The fourth-order valence-corrected chi connectivity index (χ4v) is 3.94. The van der Waals surface area contributed by atoms with Crippen molar-refractivity contribution >= 4 is 67.5 Å². The minimum absolute atomic E-state index is 0.0923. The summed E-state index contributed by atoms with van der Waals surface area (Å²) in [6, 6.07) is 9.83. The summed E-state index contributed by atoms with van der Waals surface area (Å²) >= 11 is 12.6. The number of rotatable bonds is 6. The first-order chi connectivity index (χ1) is 14.4. The third-order valence-electron chi connectivity index (χ3n) is 3.84. The Bertz CT molecular complexity index is 1120. The van der Waals surface area contributed by atoms with Crippen molar-refractivity contribution in [2.24, 2.45) is 0 Å². The van der Waals surface area contributed by atoms with Crippen LogP contribution >= 0.6 is 35.2 Å². The number of halogens is 1. The average molecular weight is 464 g/mol. The molecular formula is C20H18ClN3O4S2. The van der Waals surface area contributed by atoms with E-state index in [1.807, 2.05) is 6.92 Å². The van der Waals surface area contributed by atoms with Crippen LogP contribution in [0.2, 0.25) is 5.02 Å². The molecule has 0 radical (unpaired) electrons. The van der Waals surface area contributed by atoms with Crippen molar-refractivity contribution < 1.29 is 19.1 Å². The van der Waals surface area contributed by atoms with Gasteiger partial charge in [-0.3, -0.25) is 10.1 Å². The van der Waals surface area contributed by atoms with Gasteiger partial charge in [-0.05, 0) is 62.5 Å². The van der Waals surface area contributed by atoms with Crippen LogP contribution in [0.15, 0.2) is 36.4 Å². The Kier molecular flexibility index (Phi) is 7.20. The molecule has 0 unspecified atom stereocenters. The molecule has 30 heavy (non-hydrogen) atoms. The van der Waals surface area contributed by atoms with E-state index < -0.39 is 5.91 Å². The van der Waals surface area contributed by atoms with Gasteiger partial charge in [0.1, 0.15) is 5.75 Å². The molecule has 0 spiro atoms. The topological polar surface area (TPSA) is 89.5 Å². The number of carbonyl (C=O) groups is 2. The third kappa shape index (κ3) is 5.24. The van der Waals surface area contributed by atoms with Crippen molar-refractivity contribution in [3.63, 3.8) is 0 Å². The Morgan fingerprint density at radius 3 is 2.60 bits per heavy atom. The highest BCUT2D eigenvalue weighted by Crippen LogP contribution is 2.27. The number of hydrogen-bond acceptors (Lipinski definition) is 7. The molecule has 10 heteroatoms. The summed E-state index contributed by atoms with van der Waals surface area (Å²) in [6.07, 6.45) is 0. The van der Waals surface area contributed by atoms with Crippen molar-refractivity contribution in [1.82, 2.24) is 10.3 Å². The number of nitrogens with one attached hydrogen (secondary N) is 2. The quantitative estimate of drug-likeness (QED) is 0.406. The summed E-state index contributed by atoms with van der Waals surface area (Å²) in [5.41, 5.74) is 1.49. The number of amides is 1. The van der Waals surface area contributed by atoms with Gasteiger partial charge in [-0.2, -0.15) is 0 Å². The zero-order chi connectivity index (χ0) is 21.7. The highest BCUT2D eigenvalue weighted by Gasteiger charge is 2.14. The highest BCUT2D eigenvalue weighted by atomic mass is 35.5. The van der Waals surface area contributed by atoms with Crippen molar-refractivity contribution in [1.29, 1.82) is 0 Å². The number of fused-ring (bicyclic) bond motifs is 1. The number of hydrogen-bond donors (Lipinski definition) is 2. The lowest BCUT2D eigenvalue weighted by atomic mass is 10.2. The van der Waals surface area contributed by atoms with Crippen molar-refractivity contribution in [2.45, 2.75) is 13.8 Å². The maximum absolute atomic E-state index is 12.4. The Labute approximate surface area is 187 Å². The predicted octanol–water partition coefficient (Wildman–Crippen LogP) is 4.65. The van der Waals surface area contributed by atoms with Crippen LogP contribution in [0.25, 0.3) is 10.2 Å². The van der Waals surface area contributed by atoms with Gasteiger partial charge in [0.05, 0.1) is 34.0 Å². The second-order valence-electron chi connectivity index (χ2n) is 5.91. The Morgan fingerprint density at radius 1 is 1.13 bits per heavy atom. The summed E-state index contributed by atoms with van der Waals surface area (Å²) in [7, 11) is 0.